The van der Waals surface area contributed by atoms with Gasteiger partial charge in [0.05, 0.1) is 11.1 Å². The zero-order valence-electron chi connectivity index (χ0n) is 11.1. The van der Waals surface area contributed by atoms with Crippen LogP contribution in [0.5, 0.6) is 0 Å². The van der Waals surface area contributed by atoms with Gasteiger partial charge in [0.25, 0.3) is 5.24 Å². The van der Waals surface area contributed by atoms with Crippen molar-refractivity contribution in [3.8, 4) is 11.1 Å². The second kappa shape index (κ2) is 5.88. The van der Waals surface area contributed by atoms with Crippen LogP contribution in [0, 0.1) is 0 Å². The summed E-state index contributed by atoms with van der Waals surface area (Å²) in [5, 5.41) is -1.06. The van der Waals surface area contributed by atoms with Gasteiger partial charge in [-0.3, -0.25) is 4.79 Å². The first-order chi connectivity index (χ1) is 10.5. The number of benzene rings is 2. The molecular formula is C15H7ClF6O. The zero-order valence-corrected chi connectivity index (χ0v) is 11.9. The summed E-state index contributed by atoms with van der Waals surface area (Å²) in [6, 6.07) is 5.75. The van der Waals surface area contributed by atoms with Crippen molar-refractivity contribution < 1.29 is 31.1 Å². The van der Waals surface area contributed by atoms with Gasteiger partial charge in [-0.05, 0) is 53.1 Å². The molecule has 0 aromatic heterocycles. The topological polar surface area (TPSA) is 17.1 Å². The fraction of sp³-hybridized carbons (Fsp3) is 0.133. The molecule has 0 spiro atoms. The van der Waals surface area contributed by atoms with Crippen molar-refractivity contribution in [3.05, 3.63) is 59.2 Å². The third-order valence-electron chi connectivity index (χ3n) is 3.06. The number of rotatable bonds is 2. The van der Waals surface area contributed by atoms with Crippen molar-refractivity contribution in [2.45, 2.75) is 12.4 Å². The van der Waals surface area contributed by atoms with Gasteiger partial charge in [-0.1, -0.05) is 12.1 Å². The standard InChI is InChI=1S/C15H7ClF6O/c16-13(23)11-5-4-10(15(20,21)22)7-12(11)8-2-1-3-9(6-8)14(17,18)19/h1-7H. The molecule has 23 heavy (non-hydrogen) atoms. The van der Waals surface area contributed by atoms with E-state index in [4.69, 9.17) is 11.6 Å². The van der Waals surface area contributed by atoms with Crippen molar-refractivity contribution in [3.63, 3.8) is 0 Å². The Morgan fingerprint density at radius 1 is 0.826 bits per heavy atom. The van der Waals surface area contributed by atoms with Gasteiger partial charge in [-0.25, -0.2) is 0 Å². The fourth-order valence-corrected chi connectivity index (χ4v) is 2.16. The quantitative estimate of drug-likeness (QED) is 0.495. The minimum Gasteiger partial charge on any atom is -0.276 e. The molecule has 0 aliphatic rings. The second-order valence-electron chi connectivity index (χ2n) is 4.61. The van der Waals surface area contributed by atoms with Crippen LogP contribution in [0.25, 0.3) is 11.1 Å². The van der Waals surface area contributed by atoms with Gasteiger partial charge < -0.3 is 0 Å². The maximum absolute atomic E-state index is 12.8. The molecule has 0 aliphatic heterocycles. The molecule has 122 valence electrons. The highest BCUT2D eigenvalue weighted by Crippen LogP contribution is 2.37. The largest absolute Gasteiger partial charge is 0.416 e. The van der Waals surface area contributed by atoms with E-state index >= 15 is 0 Å². The van der Waals surface area contributed by atoms with Gasteiger partial charge >= 0.3 is 12.4 Å². The Morgan fingerprint density at radius 2 is 1.39 bits per heavy atom. The minimum absolute atomic E-state index is 0.185. The first-order valence-corrected chi connectivity index (χ1v) is 6.46. The molecule has 0 radical (unpaired) electrons. The molecule has 0 N–H and O–H groups in total. The highest BCUT2D eigenvalue weighted by molar-refractivity contribution is 6.68. The lowest BCUT2D eigenvalue weighted by atomic mass is 9.96. The SMILES string of the molecule is O=C(Cl)c1ccc(C(F)(F)F)cc1-c1cccc(C(F)(F)F)c1. The number of hydrogen-bond donors (Lipinski definition) is 0. The van der Waals surface area contributed by atoms with E-state index in [2.05, 4.69) is 0 Å². The summed E-state index contributed by atoms with van der Waals surface area (Å²) < 4.78 is 76.6. The lowest BCUT2D eigenvalue weighted by Gasteiger charge is -2.13. The third kappa shape index (κ3) is 3.85. The van der Waals surface area contributed by atoms with E-state index in [1.807, 2.05) is 0 Å². The summed E-state index contributed by atoms with van der Waals surface area (Å²) in [6.45, 7) is 0. The Kier molecular flexibility index (Phi) is 4.43. The predicted molar refractivity (Wildman–Crippen MR) is 72.1 cm³/mol. The Morgan fingerprint density at radius 3 is 1.91 bits per heavy atom. The van der Waals surface area contributed by atoms with Crippen molar-refractivity contribution in [2.24, 2.45) is 0 Å². The van der Waals surface area contributed by atoms with Gasteiger partial charge in [0.1, 0.15) is 0 Å². The van der Waals surface area contributed by atoms with Gasteiger partial charge in [-0.15, -0.1) is 0 Å². The minimum atomic E-state index is -4.70. The summed E-state index contributed by atoms with van der Waals surface area (Å²) in [4.78, 5) is 11.3. The van der Waals surface area contributed by atoms with E-state index in [-0.39, 0.29) is 16.7 Å². The lowest BCUT2D eigenvalue weighted by Crippen LogP contribution is -2.07. The van der Waals surface area contributed by atoms with E-state index in [9.17, 15) is 31.1 Å². The zero-order chi connectivity index (χ0) is 17.4. The van der Waals surface area contributed by atoms with Crippen molar-refractivity contribution >= 4 is 16.8 Å². The highest BCUT2D eigenvalue weighted by atomic mass is 35.5. The van der Waals surface area contributed by atoms with E-state index in [0.717, 1.165) is 18.2 Å². The monoisotopic (exact) mass is 352 g/mol. The van der Waals surface area contributed by atoms with Crippen LogP contribution < -0.4 is 0 Å². The average molecular weight is 353 g/mol. The molecule has 0 aliphatic carbocycles. The van der Waals surface area contributed by atoms with Crippen LogP contribution >= 0.6 is 11.6 Å². The molecule has 0 saturated carbocycles. The van der Waals surface area contributed by atoms with Gasteiger partial charge in [0, 0.05) is 5.56 Å². The first-order valence-electron chi connectivity index (χ1n) is 6.09. The summed E-state index contributed by atoms with van der Waals surface area (Å²) in [6.07, 6.45) is -9.37. The Bertz CT molecular complexity index is 748. The first kappa shape index (κ1) is 17.3. The van der Waals surface area contributed by atoms with E-state index < -0.39 is 28.7 Å². The lowest BCUT2D eigenvalue weighted by molar-refractivity contribution is -0.138. The molecule has 0 amide bonds. The van der Waals surface area contributed by atoms with Gasteiger partial charge in [-0.2, -0.15) is 26.3 Å². The molecule has 1 nitrogen and oxygen atoms in total. The average Bonchev–Trinajstić information content (AvgIpc) is 2.45. The van der Waals surface area contributed by atoms with Crippen LogP contribution in [-0.2, 0) is 12.4 Å². The maximum Gasteiger partial charge on any atom is 0.416 e. The summed E-state index contributed by atoms with van der Waals surface area (Å²) >= 11 is 5.31. The van der Waals surface area contributed by atoms with Crippen LogP contribution in [0.15, 0.2) is 42.5 Å². The van der Waals surface area contributed by atoms with Crippen molar-refractivity contribution in [2.75, 3.05) is 0 Å². The molecule has 0 bridgehead atoms. The number of alkyl halides is 6. The van der Waals surface area contributed by atoms with Crippen LogP contribution in [0.3, 0.4) is 0 Å². The summed E-state index contributed by atoms with van der Waals surface area (Å²) in [5.74, 6) is 0. The highest BCUT2D eigenvalue weighted by Gasteiger charge is 2.33. The second-order valence-corrected chi connectivity index (χ2v) is 4.95. The molecule has 0 atom stereocenters. The Labute approximate surface area is 131 Å². The molecule has 0 unspecified atom stereocenters. The van der Waals surface area contributed by atoms with Crippen molar-refractivity contribution in [1.29, 1.82) is 0 Å². The van der Waals surface area contributed by atoms with E-state index in [1.54, 1.807) is 0 Å². The van der Waals surface area contributed by atoms with Crippen molar-refractivity contribution in [1.82, 2.24) is 0 Å². The number of hydrogen-bond acceptors (Lipinski definition) is 1. The number of carbonyl (C=O) groups is 1. The molecule has 0 saturated heterocycles. The van der Waals surface area contributed by atoms with Crippen LogP contribution in [0.2, 0.25) is 0 Å². The summed E-state index contributed by atoms with van der Waals surface area (Å²) in [7, 11) is 0. The Hall–Kier alpha value is -2.02. The molecule has 0 heterocycles. The third-order valence-corrected chi connectivity index (χ3v) is 3.26. The fourth-order valence-electron chi connectivity index (χ4n) is 1.99. The van der Waals surface area contributed by atoms with Crippen LogP contribution in [0.4, 0.5) is 26.3 Å². The molecule has 2 rings (SSSR count). The number of carbonyl (C=O) groups excluding carboxylic acids is 1. The molecule has 2 aromatic rings. The van der Waals surface area contributed by atoms with Crippen LogP contribution in [-0.4, -0.2) is 5.24 Å². The summed E-state index contributed by atoms with van der Waals surface area (Å²) in [5.41, 5.74) is -2.94. The van der Waals surface area contributed by atoms with Gasteiger partial charge in [0.2, 0.25) is 0 Å². The molecule has 0 fully saturated rings. The van der Waals surface area contributed by atoms with E-state index in [0.29, 0.717) is 18.2 Å². The molecule has 8 heteroatoms. The predicted octanol–water partition coefficient (Wildman–Crippen LogP) is 5.77. The normalized spacial score (nSPS) is 12.3. The molecular weight excluding hydrogens is 346 g/mol. The van der Waals surface area contributed by atoms with Gasteiger partial charge in [0.15, 0.2) is 0 Å². The Balaban J connectivity index is 2.68. The van der Waals surface area contributed by atoms with E-state index in [1.165, 1.54) is 6.07 Å². The smallest absolute Gasteiger partial charge is 0.276 e. The molecule has 2 aromatic carbocycles. The van der Waals surface area contributed by atoms with Crippen LogP contribution in [0.1, 0.15) is 21.5 Å². The maximum atomic E-state index is 12.8. The number of halogens is 7.